The lowest BCUT2D eigenvalue weighted by molar-refractivity contribution is -0.134. The van der Waals surface area contributed by atoms with Gasteiger partial charge in [0.15, 0.2) is 0 Å². The van der Waals surface area contributed by atoms with Crippen LogP contribution in [0.5, 0.6) is 0 Å². The minimum absolute atomic E-state index is 0.128. The number of H-pyrrole nitrogens is 1. The smallest absolute Gasteiger partial charge is 0.502 e. The Labute approximate surface area is 193 Å². The molecule has 1 saturated heterocycles. The maximum Gasteiger partial charge on any atom is 0.502 e. The second kappa shape index (κ2) is 8.21. The SMILES string of the molecule is Cc1ccc(S(=O)(=O)N2B(c3ccccc3)OC(=O)[C@@H]2[C@H](C)c2c[nH]c3ccccc23)cc1. The number of benzene rings is 3. The predicted molar refractivity (Wildman–Crippen MR) is 129 cm³/mol. The molecule has 1 aliphatic rings. The summed E-state index contributed by atoms with van der Waals surface area (Å²) >= 11 is 0. The first-order valence-corrected chi connectivity index (χ1v) is 12.2. The molecular weight excluding hydrogens is 435 g/mol. The highest BCUT2D eigenvalue weighted by Crippen LogP contribution is 2.36. The lowest BCUT2D eigenvalue weighted by atomic mass is 9.73. The number of nitrogens with zero attached hydrogens (tertiary/aromatic N) is 1. The van der Waals surface area contributed by atoms with Crippen molar-refractivity contribution < 1.29 is 17.9 Å². The number of aryl methyl sites for hydroxylation is 1. The van der Waals surface area contributed by atoms with Gasteiger partial charge in [0.25, 0.3) is 0 Å². The number of carbonyl (C=O) groups excluding carboxylic acids is 1. The number of para-hydroxylation sites is 1. The molecule has 0 amide bonds. The lowest BCUT2D eigenvalue weighted by Crippen LogP contribution is -2.52. The molecule has 1 aliphatic heterocycles. The van der Waals surface area contributed by atoms with Gasteiger partial charge in [0.05, 0.1) is 4.90 Å². The molecule has 33 heavy (non-hydrogen) atoms. The monoisotopic (exact) mass is 458 g/mol. The maximum atomic E-state index is 13.9. The second-order valence-electron chi connectivity index (χ2n) is 8.37. The summed E-state index contributed by atoms with van der Waals surface area (Å²) in [5.41, 5.74) is 3.35. The quantitative estimate of drug-likeness (QED) is 0.464. The van der Waals surface area contributed by atoms with Gasteiger partial charge in [-0.3, -0.25) is 4.79 Å². The van der Waals surface area contributed by atoms with Crippen molar-refractivity contribution in [1.29, 1.82) is 0 Å². The van der Waals surface area contributed by atoms with Crippen LogP contribution in [0.2, 0.25) is 0 Å². The molecule has 0 bridgehead atoms. The number of hydrogen-bond donors (Lipinski definition) is 1. The average molecular weight is 458 g/mol. The molecule has 0 aliphatic carbocycles. The molecule has 0 unspecified atom stereocenters. The Bertz CT molecular complexity index is 1420. The highest BCUT2D eigenvalue weighted by atomic mass is 32.2. The number of fused-ring (bicyclic) bond motifs is 1. The molecule has 1 aromatic heterocycles. The molecule has 0 saturated carbocycles. The molecule has 5 rings (SSSR count). The van der Waals surface area contributed by atoms with Crippen molar-refractivity contribution >= 4 is 39.4 Å². The summed E-state index contributed by atoms with van der Waals surface area (Å²) in [6, 6.07) is 22.4. The number of carbonyl (C=O) groups is 1. The summed E-state index contributed by atoms with van der Waals surface area (Å²) in [6.07, 6.45) is 1.84. The Morgan fingerprint density at radius 1 is 0.970 bits per heavy atom. The van der Waals surface area contributed by atoms with Crippen molar-refractivity contribution in [3.63, 3.8) is 0 Å². The van der Waals surface area contributed by atoms with Gasteiger partial charge >= 0.3 is 13.0 Å². The molecule has 4 aromatic rings. The van der Waals surface area contributed by atoms with Gasteiger partial charge < -0.3 is 9.64 Å². The molecule has 2 atom stereocenters. The summed E-state index contributed by atoms with van der Waals surface area (Å²) in [4.78, 5) is 16.6. The van der Waals surface area contributed by atoms with Crippen LogP contribution in [0.1, 0.15) is 24.0 Å². The van der Waals surface area contributed by atoms with Crippen molar-refractivity contribution in [1.82, 2.24) is 9.20 Å². The van der Waals surface area contributed by atoms with E-state index in [4.69, 9.17) is 4.65 Å². The Kier molecular flexibility index (Phi) is 5.34. The van der Waals surface area contributed by atoms with Crippen molar-refractivity contribution in [2.24, 2.45) is 0 Å². The molecular formula is C25H23BN2O4S. The standard InChI is InChI=1S/C25H23BN2O4S/c1-17-12-14-20(15-13-17)33(30,31)28-24(25(29)32-26(28)19-8-4-3-5-9-19)18(2)22-16-27-23-11-7-6-10-21(22)23/h3-16,18,24,27H,1-2H3/t18-,24+/m1/s1. The van der Waals surface area contributed by atoms with Gasteiger partial charge in [0, 0.05) is 23.0 Å². The highest BCUT2D eigenvalue weighted by Gasteiger charge is 2.55. The Morgan fingerprint density at radius 2 is 1.64 bits per heavy atom. The molecule has 1 fully saturated rings. The van der Waals surface area contributed by atoms with Gasteiger partial charge in [0.2, 0.25) is 10.0 Å². The molecule has 6 nitrogen and oxygen atoms in total. The molecule has 0 radical (unpaired) electrons. The van der Waals surface area contributed by atoms with Crippen molar-refractivity contribution in [2.75, 3.05) is 0 Å². The fraction of sp³-hybridized carbons (Fsp3) is 0.160. The Hall–Kier alpha value is -3.36. The van der Waals surface area contributed by atoms with E-state index in [-0.39, 0.29) is 4.90 Å². The average Bonchev–Trinajstić information content (AvgIpc) is 3.41. The normalized spacial score (nSPS) is 17.9. The minimum Gasteiger partial charge on any atom is -0.514 e. The first kappa shape index (κ1) is 21.5. The summed E-state index contributed by atoms with van der Waals surface area (Å²) < 4.78 is 34.8. The van der Waals surface area contributed by atoms with Crippen molar-refractivity contribution in [2.45, 2.75) is 30.7 Å². The summed E-state index contributed by atoms with van der Waals surface area (Å²) in [5, 5.41) is 0.952. The molecule has 0 spiro atoms. The van der Waals surface area contributed by atoms with Gasteiger partial charge in [-0.25, -0.2) is 8.42 Å². The van der Waals surface area contributed by atoms with E-state index in [9.17, 15) is 13.2 Å². The number of aromatic amines is 1. The van der Waals surface area contributed by atoms with Gasteiger partial charge in [0.1, 0.15) is 6.04 Å². The van der Waals surface area contributed by atoms with E-state index in [1.807, 2.05) is 50.4 Å². The van der Waals surface area contributed by atoms with E-state index >= 15 is 0 Å². The molecule has 1 N–H and O–H groups in total. The van der Waals surface area contributed by atoms with Gasteiger partial charge in [-0.05, 0) is 36.1 Å². The third-order valence-electron chi connectivity index (χ3n) is 6.24. The van der Waals surface area contributed by atoms with E-state index in [0.29, 0.717) is 5.46 Å². The fourth-order valence-electron chi connectivity index (χ4n) is 4.49. The largest absolute Gasteiger partial charge is 0.514 e. The van der Waals surface area contributed by atoms with Crippen LogP contribution in [0.4, 0.5) is 0 Å². The van der Waals surface area contributed by atoms with Crippen LogP contribution in [0.25, 0.3) is 10.9 Å². The fourth-order valence-corrected chi connectivity index (χ4v) is 6.19. The van der Waals surface area contributed by atoms with E-state index in [2.05, 4.69) is 4.98 Å². The van der Waals surface area contributed by atoms with Crippen LogP contribution in [0, 0.1) is 6.92 Å². The summed E-state index contributed by atoms with van der Waals surface area (Å²) in [5.74, 6) is -1.00. The number of nitrogens with one attached hydrogen (secondary N) is 1. The van der Waals surface area contributed by atoms with Crippen LogP contribution >= 0.6 is 0 Å². The third-order valence-corrected chi connectivity index (χ3v) is 8.08. The number of rotatable bonds is 5. The molecule has 2 heterocycles. The molecule has 3 aromatic carbocycles. The van der Waals surface area contributed by atoms with Crippen LogP contribution in [0.15, 0.2) is 90.0 Å². The zero-order valence-electron chi connectivity index (χ0n) is 18.3. The van der Waals surface area contributed by atoms with Crippen LogP contribution < -0.4 is 5.46 Å². The van der Waals surface area contributed by atoms with Crippen molar-refractivity contribution in [3.8, 4) is 0 Å². The zero-order chi connectivity index (χ0) is 23.2. The topological polar surface area (TPSA) is 79.5 Å². The number of sulfonamides is 1. The van der Waals surface area contributed by atoms with Crippen LogP contribution in [-0.4, -0.2) is 36.7 Å². The van der Waals surface area contributed by atoms with Gasteiger partial charge in [-0.15, -0.1) is 0 Å². The highest BCUT2D eigenvalue weighted by molar-refractivity contribution is 7.90. The maximum absolute atomic E-state index is 13.9. The van der Waals surface area contributed by atoms with Crippen LogP contribution in [0.3, 0.4) is 0 Å². The first-order chi connectivity index (χ1) is 15.9. The third kappa shape index (κ3) is 3.65. The van der Waals surface area contributed by atoms with Gasteiger partial charge in [-0.2, -0.15) is 4.22 Å². The summed E-state index contributed by atoms with van der Waals surface area (Å²) in [7, 11) is -5.09. The zero-order valence-corrected chi connectivity index (χ0v) is 19.1. The molecule has 8 heteroatoms. The Balaban J connectivity index is 1.65. The Morgan fingerprint density at radius 3 is 2.36 bits per heavy atom. The minimum atomic E-state index is -4.05. The van der Waals surface area contributed by atoms with Gasteiger partial charge in [-0.1, -0.05) is 73.2 Å². The number of hydrogen-bond acceptors (Lipinski definition) is 4. The van der Waals surface area contributed by atoms with E-state index in [1.165, 1.54) is 4.22 Å². The van der Waals surface area contributed by atoms with E-state index in [1.54, 1.807) is 48.5 Å². The lowest BCUT2D eigenvalue weighted by Gasteiger charge is -2.27. The number of aromatic nitrogens is 1. The van der Waals surface area contributed by atoms with Crippen molar-refractivity contribution in [3.05, 3.63) is 96.2 Å². The van der Waals surface area contributed by atoms with Crippen LogP contribution in [-0.2, 0) is 19.5 Å². The summed E-state index contributed by atoms with van der Waals surface area (Å²) in [6.45, 7) is 3.76. The first-order valence-electron chi connectivity index (χ1n) is 10.8. The molecule has 166 valence electrons. The predicted octanol–water partition coefficient (Wildman–Crippen LogP) is 3.59. The van der Waals surface area contributed by atoms with E-state index < -0.39 is 35.0 Å². The second-order valence-corrected chi connectivity index (χ2v) is 10.2. The van der Waals surface area contributed by atoms with E-state index in [0.717, 1.165) is 22.0 Å².